The third kappa shape index (κ3) is 6.37. The quantitative estimate of drug-likeness (QED) is 0.179. The molecule has 5 rings (SSSR count). The van der Waals surface area contributed by atoms with Crippen molar-refractivity contribution in [3.05, 3.63) is 116 Å². The molecule has 4 aromatic rings. The molecule has 228 valence electrons. The molecule has 0 radical (unpaired) electrons. The second-order valence-corrected chi connectivity index (χ2v) is 12.7. The number of benzene rings is 3. The monoisotopic (exact) mass is 760 g/mol. The van der Waals surface area contributed by atoms with Gasteiger partial charge in [-0.1, -0.05) is 47.2 Å². The van der Waals surface area contributed by atoms with Gasteiger partial charge in [-0.15, -0.1) is 0 Å². The van der Waals surface area contributed by atoms with Crippen LogP contribution in [-0.4, -0.2) is 31.4 Å². The lowest BCUT2D eigenvalue weighted by Gasteiger charge is -2.25. The Labute approximate surface area is 279 Å². The highest BCUT2D eigenvalue weighted by Crippen LogP contribution is 2.38. The minimum absolute atomic E-state index is 0.188. The Morgan fingerprint density at radius 2 is 1.82 bits per heavy atom. The van der Waals surface area contributed by atoms with Crippen LogP contribution >= 0.6 is 54.8 Å². The Morgan fingerprint density at radius 1 is 1.07 bits per heavy atom. The van der Waals surface area contributed by atoms with Gasteiger partial charge in [0, 0.05) is 10.6 Å². The Balaban J connectivity index is 1.59. The van der Waals surface area contributed by atoms with Gasteiger partial charge in [0.15, 0.2) is 16.3 Å². The van der Waals surface area contributed by atoms with Crippen LogP contribution in [0.2, 0.25) is 5.02 Å². The Hall–Kier alpha value is -3.38. The zero-order valence-electron chi connectivity index (χ0n) is 24.2. The standard InChI is InChI=1S/C32H27Br2ClN2O6S/c1-5-42-31(39)27-17(2)36-32-37(28(27)19-10-11-24(40-3)21(33)15-19)30(38)26(44-32)14-18-12-22(34)29(25(13-18)41-4)43-16-20-8-6-7-9-23(20)35/h6-15,28H,5,16H2,1-4H3/b26-14+/t28-/m0/s1. The van der Waals surface area contributed by atoms with Gasteiger partial charge in [-0.2, -0.15) is 0 Å². The number of nitrogens with zero attached hydrogens (tertiary/aromatic N) is 2. The summed E-state index contributed by atoms with van der Waals surface area (Å²) < 4.78 is 25.8. The molecule has 3 aromatic carbocycles. The zero-order valence-corrected chi connectivity index (χ0v) is 28.9. The topological polar surface area (TPSA) is 88.4 Å². The van der Waals surface area contributed by atoms with E-state index in [1.54, 1.807) is 52.3 Å². The number of methoxy groups -OCH3 is 2. The molecule has 1 atom stereocenters. The molecule has 1 aromatic heterocycles. The number of esters is 1. The first-order valence-corrected chi connectivity index (χ1v) is 16.2. The molecule has 8 nitrogen and oxygen atoms in total. The van der Waals surface area contributed by atoms with Crippen LogP contribution in [-0.2, 0) is 16.1 Å². The predicted molar refractivity (Wildman–Crippen MR) is 178 cm³/mol. The van der Waals surface area contributed by atoms with E-state index in [4.69, 9.17) is 30.5 Å². The van der Waals surface area contributed by atoms with Crippen LogP contribution in [0.3, 0.4) is 0 Å². The highest BCUT2D eigenvalue weighted by atomic mass is 79.9. The lowest BCUT2D eigenvalue weighted by atomic mass is 9.96. The number of thiazole rings is 1. The number of carbonyl (C=O) groups excluding carboxylic acids is 1. The first-order chi connectivity index (χ1) is 21.2. The predicted octanol–water partition coefficient (Wildman–Crippen LogP) is 6.57. The van der Waals surface area contributed by atoms with Crippen molar-refractivity contribution in [2.75, 3.05) is 20.8 Å². The van der Waals surface area contributed by atoms with Gasteiger partial charge in [0.2, 0.25) is 0 Å². The third-order valence-electron chi connectivity index (χ3n) is 6.89. The number of halogens is 3. The van der Waals surface area contributed by atoms with Crippen molar-refractivity contribution in [1.29, 1.82) is 0 Å². The van der Waals surface area contributed by atoms with Crippen LogP contribution in [0.25, 0.3) is 6.08 Å². The van der Waals surface area contributed by atoms with Crippen molar-refractivity contribution in [2.45, 2.75) is 26.5 Å². The lowest BCUT2D eigenvalue weighted by molar-refractivity contribution is -0.139. The second-order valence-electron chi connectivity index (χ2n) is 9.61. The Morgan fingerprint density at radius 3 is 2.50 bits per heavy atom. The summed E-state index contributed by atoms with van der Waals surface area (Å²) in [5, 5.41) is 0.608. The number of hydrogen-bond acceptors (Lipinski definition) is 8. The maximum Gasteiger partial charge on any atom is 0.338 e. The number of rotatable bonds is 9. The van der Waals surface area contributed by atoms with Crippen molar-refractivity contribution in [2.24, 2.45) is 4.99 Å². The van der Waals surface area contributed by atoms with E-state index < -0.39 is 12.0 Å². The first kappa shape index (κ1) is 32.0. The van der Waals surface area contributed by atoms with Crippen LogP contribution in [0.1, 0.15) is 36.6 Å². The second kappa shape index (κ2) is 13.7. The van der Waals surface area contributed by atoms with Gasteiger partial charge in [0.1, 0.15) is 12.4 Å². The fraction of sp³-hybridized carbons (Fsp3) is 0.219. The Kier molecular flexibility index (Phi) is 9.99. The maximum absolute atomic E-state index is 14.0. The summed E-state index contributed by atoms with van der Waals surface area (Å²) in [6, 6.07) is 15.8. The summed E-state index contributed by atoms with van der Waals surface area (Å²) in [5.41, 5.74) is 2.73. The fourth-order valence-corrected chi connectivity index (χ4v) is 7.21. The van der Waals surface area contributed by atoms with Crippen LogP contribution in [0.4, 0.5) is 0 Å². The van der Waals surface area contributed by atoms with Gasteiger partial charge in [0.05, 0.1) is 51.6 Å². The molecule has 0 fully saturated rings. The normalized spacial score (nSPS) is 14.6. The van der Waals surface area contributed by atoms with Gasteiger partial charge in [-0.3, -0.25) is 9.36 Å². The third-order valence-corrected chi connectivity index (χ3v) is 9.45. The Bertz CT molecular complexity index is 1970. The van der Waals surface area contributed by atoms with E-state index in [9.17, 15) is 9.59 Å². The smallest absolute Gasteiger partial charge is 0.338 e. The maximum atomic E-state index is 14.0. The molecular formula is C32H27Br2ClN2O6S. The summed E-state index contributed by atoms with van der Waals surface area (Å²) in [6.07, 6.45) is 1.76. The summed E-state index contributed by atoms with van der Waals surface area (Å²) in [6.45, 7) is 3.92. The fourth-order valence-electron chi connectivity index (χ4n) is 4.84. The van der Waals surface area contributed by atoms with Gasteiger partial charge in [0.25, 0.3) is 5.56 Å². The molecule has 0 spiro atoms. The minimum atomic E-state index is -0.753. The molecule has 0 bridgehead atoms. The number of aromatic nitrogens is 1. The summed E-state index contributed by atoms with van der Waals surface area (Å²) in [7, 11) is 3.12. The van der Waals surface area contributed by atoms with Crippen LogP contribution in [0, 0.1) is 0 Å². The van der Waals surface area contributed by atoms with Crippen LogP contribution < -0.4 is 29.1 Å². The van der Waals surface area contributed by atoms with E-state index in [1.165, 1.54) is 15.9 Å². The highest BCUT2D eigenvalue weighted by Gasteiger charge is 2.33. The number of ether oxygens (including phenoxy) is 4. The molecular weight excluding hydrogens is 736 g/mol. The molecule has 0 amide bonds. The van der Waals surface area contributed by atoms with E-state index >= 15 is 0 Å². The number of allylic oxidation sites excluding steroid dienone is 1. The molecule has 0 aliphatic carbocycles. The molecule has 1 aliphatic rings. The average Bonchev–Trinajstić information content (AvgIpc) is 3.30. The summed E-state index contributed by atoms with van der Waals surface area (Å²) in [5.74, 6) is 1.08. The van der Waals surface area contributed by atoms with Gasteiger partial charge in [-0.25, -0.2) is 9.79 Å². The molecule has 1 aliphatic heterocycles. The largest absolute Gasteiger partial charge is 0.496 e. The van der Waals surface area contributed by atoms with E-state index in [2.05, 4.69) is 36.9 Å². The van der Waals surface area contributed by atoms with E-state index in [0.29, 0.717) is 62.9 Å². The summed E-state index contributed by atoms with van der Waals surface area (Å²) in [4.78, 5) is 32.3. The molecule has 0 saturated heterocycles. The lowest BCUT2D eigenvalue weighted by Crippen LogP contribution is -2.40. The van der Waals surface area contributed by atoms with Crippen molar-refractivity contribution in [1.82, 2.24) is 4.57 Å². The zero-order chi connectivity index (χ0) is 31.5. The van der Waals surface area contributed by atoms with Crippen molar-refractivity contribution in [3.8, 4) is 17.2 Å². The van der Waals surface area contributed by atoms with Gasteiger partial charge < -0.3 is 18.9 Å². The van der Waals surface area contributed by atoms with Crippen LogP contribution in [0.5, 0.6) is 17.2 Å². The van der Waals surface area contributed by atoms with Gasteiger partial charge in [-0.05, 0) is 93.2 Å². The summed E-state index contributed by atoms with van der Waals surface area (Å²) >= 11 is 14.7. The number of fused-ring (bicyclic) bond motifs is 1. The van der Waals surface area contributed by atoms with Crippen molar-refractivity contribution < 1.29 is 23.7 Å². The number of hydrogen-bond donors (Lipinski definition) is 0. The first-order valence-electron chi connectivity index (χ1n) is 13.4. The van der Waals surface area contributed by atoms with Crippen molar-refractivity contribution in [3.63, 3.8) is 0 Å². The minimum Gasteiger partial charge on any atom is -0.496 e. The molecule has 0 N–H and O–H groups in total. The average molecular weight is 763 g/mol. The molecule has 2 heterocycles. The van der Waals surface area contributed by atoms with E-state index in [1.807, 2.05) is 36.4 Å². The van der Waals surface area contributed by atoms with Gasteiger partial charge >= 0.3 is 5.97 Å². The highest BCUT2D eigenvalue weighted by molar-refractivity contribution is 9.11. The van der Waals surface area contributed by atoms with Crippen LogP contribution in [0.15, 0.2) is 84.6 Å². The van der Waals surface area contributed by atoms with Crippen molar-refractivity contribution >= 4 is 66.8 Å². The number of carbonyl (C=O) groups is 1. The molecule has 44 heavy (non-hydrogen) atoms. The molecule has 0 saturated carbocycles. The molecule has 0 unspecified atom stereocenters. The SMILES string of the molecule is CCOC(=O)C1=C(C)N=c2s/c(=C/c3cc(Br)c(OCc4ccccc4Cl)c(OC)c3)c(=O)n2[C@H]1c1ccc(OC)c(Br)c1. The molecule has 12 heteroatoms. The van der Waals surface area contributed by atoms with E-state index in [-0.39, 0.29) is 18.8 Å². The van der Waals surface area contributed by atoms with E-state index in [0.717, 1.165) is 5.56 Å².